The largest absolute Gasteiger partial charge is 0.493 e. The highest BCUT2D eigenvalue weighted by Gasteiger charge is 2.15. The highest BCUT2D eigenvalue weighted by Crippen LogP contribution is 2.26. The van der Waals surface area contributed by atoms with E-state index >= 15 is 0 Å². The van der Waals surface area contributed by atoms with Crippen LogP contribution < -0.4 is 9.47 Å². The Balaban J connectivity index is 1.72. The minimum atomic E-state index is 0.0217. The number of rotatable bonds is 6. The first kappa shape index (κ1) is 15.4. The zero-order valence-corrected chi connectivity index (χ0v) is 13.0. The minimum Gasteiger partial charge on any atom is -0.493 e. The van der Waals surface area contributed by atoms with Crippen molar-refractivity contribution >= 4 is 5.71 Å². The number of benzene rings is 2. The summed E-state index contributed by atoms with van der Waals surface area (Å²) in [5.41, 5.74) is 3.71. The molecule has 0 atom stereocenters. The normalized spacial score (nSPS) is 13.4. The Morgan fingerprint density at radius 3 is 2.78 bits per heavy atom. The summed E-state index contributed by atoms with van der Waals surface area (Å²) in [6, 6.07) is 13.3. The second-order valence-corrected chi connectivity index (χ2v) is 5.23. The van der Waals surface area contributed by atoms with Crippen LogP contribution in [0, 0.1) is 0 Å². The van der Waals surface area contributed by atoms with E-state index in [0.29, 0.717) is 12.3 Å². The Morgan fingerprint density at radius 1 is 1.22 bits per heavy atom. The number of ether oxygens (including phenoxy) is 2. The van der Waals surface area contributed by atoms with E-state index in [4.69, 9.17) is 19.4 Å². The molecule has 1 aliphatic heterocycles. The number of aliphatic hydroxyl groups is 1. The van der Waals surface area contributed by atoms with Crippen LogP contribution in [0.25, 0.3) is 0 Å². The molecule has 3 rings (SSSR count). The Bertz CT molecular complexity index is 695. The molecule has 0 aliphatic carbocycles. The van der Waals surface area contributed by atoms with Gasteiger partial charge in [-0.2, -0.15) is 0 Å². The van der Waals surface area contributed by atoms with Gasteiger partial charge < -0.3 is 19.4 Å². The molecule has 0 saturated carbocycles. The third kappa shape index (κ3) is 3.63. The first-order chi connectivity index (χ1) is 11.3. The van der Waals surface area contributed by atoms with E-state index in [0.717, 1.165) is 35.7 Å². The molecular weight excluding hydrogens is 294 g/mol. The second kappa shape index (κ2) is 7.15. The summed E-state index contributed by atoms with van der Waals surface area (Å²) in [6.45, 7) is 1.04. The van der Waals surface area contributed by atoms with Crippen molar-refractivity contribution < 1.29 is 19.4 Å². The topological polar surface area (TPSA) is 60.3 Å². The van der Waals surface area contributed by atoms with E-state index in [-0.39, 0.29) is 6.61 Å². The predicted octanol–water partition coefficient (Wildman–Crippen LogP) is 2.54. The van der Waals surface area contributed by atoms with Crippen molar-refractivity contribution in [1.82, 2.24) is 0 Å². The highest BCUT2D eigenvalue weighted by molar-refractivity contribution is 6.01. The van der Waals surface area contributed by atoms with Crippen molar-refractivity contribution in [3.8, 4) is 11.5 Å². The Morgan fingerprint density at radius 2 is 2.04 bits per heavy atom. The quantitative estimate of drug-likeness (QED) is 0.658. The van der Waals surface area contributed by atoms with E-state index < -0.39 is 0 Å². The molecule has 0 spiro atoms. The lowest BCUT2D eigenvalue weighted by Gasteiger charge is -2.10. The fraction of sp³-hybridized carbons (Fsp3) is 0.278. The molecule has 120 valence electrons. The molecule has 5 nitrogen and oxygen atoms in total. The monoisotopic (exact) mass is 313 g/mol. The van der Waals surface area contributed by atoms with Crippen molar-refractivity contribution in [2.75, 3.05) is 20.3 Å². The maximum atomic E-state index is 9.06. The van der Waals surface area contributed by atoms with E-state index in [2.05, 4.69) is 11.2 Å². The van der Waals surface area contributed by atoms with Crippen LogP contribution in [0.5, 0.6) is 11.5 Å². The Labute approximate surface area is 135 Å². The van der Waals surface area contributed by atoms with Crippen LogP contribution in [-0.4, -0.2) is 31.1 Å². The molecule has 2 aromatic rings. The summed E-state index contributed by atoms with van der Waals surface area (Å²) in [4.78, 5) is 4.95. The van der Waals surface area contributed by atoms with Gasteiger partial charge in [0, 0.05) is 12.0 Å². The first-order valence-electron chi connectivity index (χ1n) is 7.49. The standard InChI is InChI=1S/C18H19NO4/c1-21-19-17(12-23-16-5-2-13(11-20)3-6-16)14-4-7-18-15(10-14)8-9-22-18/h2-7,10,20H,8-9,11-12H2,1H3. The van der Waals surface area contributed by atoms with Gasteiger partial charge in [0.1, 0.15) is 30.9 Å². The third-order valence-corrected chi connectivity index (χ3v) is 3.71. The van der Waals surface area contributed by atoms with Crippen molar-refractivity contribution in [3.63, 3.8) is 0 Å². The van der Waals surface area contributed by atoms with Crippen molar-refractivity contribution in [3.05, 3.63) is 59.2 Å². The molecule has 1 aliphatic rings. The van der Waals surface area contributed by atoms with E-state index in [1.807, 2.05) is 36.4 Å². The lowest BCUT2D eigenvalue weighted by molar-refractivity contribution is 0.210. The van der Waals surface area contributed by atoms with Gasteiger partial charge >= 0.3 is 0 Å². The average Bonchev–Trinajstić information content (AvgIpc) is 3.06. The number of aliphatic hydroxyl groups excluding tert-OH is 1. The predicted molar refractivity (Wildman–Crippen MR) is 87.0 cm³/mol. The maximum Gasteiger partial charge on any atom is 0.134 e. The van der Waals surface area contributed by atoms with Crippen LogP contribution in [0.3, 0.4) is 0 Å². The van der Waals surface area contributed by atoms with Gasteiger partial charge in [0.25, 0.3) is 0 Å². The number of fused-ring (bicyclic) bond motifs is 1. The molecule has 0 fully saturated rings. The zero-order chi connectivity index (χ0) is 16.1. The molecule has 0 saturated heterocycles. The summed E-state index contributed by atoms with van der Waals surface area (Å²) < 4.78 is 11.3. The molecule has 1 heterocycles. The van der Waals surface area contributed by atoms with E-state index in [1.165, 1.54) is 12.7 Å². The van der Waals surface area contributed by atoms with Crippen LogP contribution in [0.4, 0.5) is 0 Å². The van der Waals surface area contributed by atoms with Gasteiger partial charge in [-0.15, -0.1) is 0 Å². The fourth-order valence-electron chi connectivity index (χ4n) is 2.48. The van der Waals surface area contributed by atoms with E-state index in [1.54, 1.807) is 0 Å². The molecular formula is C18H19NO4. The van der Waals surface area contributed by atoms with Gasteiger partial charge in [-0.3, -0.25) is 0 Å². The number of oxime groups is 1. The first-order valence-corrected chi connectivity index (χ1v) is 7.49. The Kier molecular flexibility index (Phi) is 4.78. The lowest BCUT2D eigenvalue weighted by atomic mass is 10.1. The molecule has 2 aromatic carbocycles. The lowest BCUT2D eigenvalue weighted by Crippen LogP contribution is -2.13. The molecule has 0 unspecified atom stereocenters. The summed E-state index contributed by atoms with van der Waals surface area (Å²) >= 11 is 0. The van der Waals surface area contributed by atoms with Gasteiger partial charge in [0.15, 0.2) is 0 Å². The fourth-order valence-corrected chi connectivity index (χ4v) is 2.48. The molecule has 0 aromatic heterocycles. The summed E-state index contributed by atoms with van der Waals surface area (Å²) in [5.74, 6) is 1.65. The molecule has 0 radical (unpaired) electrons. The third-order valence-electron chi connectivity index (χ3n) is 3.71. The van der Waals surface area contributed by atoms with Gasteiger partial charge in [0.05, 0.1) is 13.2 Å². The number of hydrogen-bond donors (Lipinski definition) is 1. The van der Waals surface area contributed by atoms with Crippen LogP contribution in [0.1, 0.15) is 16.7 Å². The van der Waals surface area contributed by atoms with E-state index in [9.17, 15) is 0 Å². The van der Waals surface area contributed by atoms with Crippen LogP contribution in [-0.2, 0) is 17.9 Å². The number of nitrogens with zero attached hydrogens (tertiary/aromatic N) is 1. The van der Waals surface area contributed by atoms with Gasteiger partial charge in [0.2, 0.25) is 0 Å². The summed E-state index contributed by atoms with van der Waals surface area (Å²) in [7, 11) is 1.52. The van der Waals surface area contributed by atoms with Crippen LogP contribution >= 0.6 is 0 Å². The number of hydrogen-bond acceptors (Lipinski definition) is 5. The molecule has 0 bridgehead atoms. The maximum absolute atomic E-state index is 9.06. The smallest absolute Gasteiger partial charge is 0.134 e. The van der Waals surface area contributed by atoms with Crippen molar-refractivity contribution in [2.45, 2.75) is 13.0 Å². The summed E-state index contributed by atoms with van der Waals surface area (Å²) in [5, 5.41) is 13.1. The summed E-state index contributed by atoms with van der Waals surface area (Å²) in [6.07, 6.45) is 0.910. The SMILES string of the molecule is CON=C(COc1ccc(CO)cc1)c1ccc2c(c1)CCO2. The van der Waals surface area contributed by atoms with Gasteiger partial charge in [-0.25, -0.2) is 0 Å². The minimum absolute atomic E-state index is 0.0217. The molecule has 1 N–H and O–H groups in total. The van der Waals surface area contributed by atoms with Crippen LogP contribution in [0.2, 0.25) is 0 Å². The highest BCUT2D eigenvalue weighted by atomic mass is 16.6. The van der Waals surface area contributed by atoms with Gasteiger partial charge in [-0.05, 0) is 41.5 Å². The van der Waals surface area contributed by atoms with Crippen molar-refractivity contribution in [1.29, 1.82) is 0 Å². The van der Waals surface area contributed by atoms with Crippen molar-refractivity contribution in [2.24, 2.45) is 5.16 Å². The average molecular weight is 313 g/mol. The van der Waals surface area contributed by atoms with Crippen LogP contribution in [0.15, 0.2) is 47.6 Å². The molecule has 5 heteroatoms. The molecule has 0 amide bonds. The second-order valence-electron chi connectivity index (χ2n) is 5.23. The zero-order valence-electron chi connectivity index (χ0n) is 13.0. The van der Waals surface area contributed by atoms with Gasteiger partial charge in [-0.1, -0.05) is 17.3 Å². The Hall–Kier alpha value is -2.53. The molecule has 23 heavy (non-hydrogen) atoms.